The van der Waals surface area contributed by atoms with Crippen LogP contribution in [0.3, 0.4) is 0 Å². The lowest BCUT2D eigenvalue weighted by molar-refractivity contribution is 0.0698. The van der Waals surface area contributed by atoms with Crippen molar-refractivity contribution >= 4 is 5.91 Å². The molecule has 0 spiro atoms. The molecule has 1 unspecified atom stereocenters. The second-order valence-electron chi connectivity index (χ2n) is 4.93. The fourth-order valence-corrected chi connectivity index (χ4v) is 2.23. The molecular formula is C12H19N3O3. The zero-order chi connectivity index (χ0) is 13.3. The van der Waals surface area contributed by atoms with E-state index in [0.717, 1.165) is 4.74 Å². The maximum Gasteiger partial charge on any atom is 0.290 e. The summed E-state index contributed by atoms with van der Waals surface area (Å²) in [6.07, 6.45) is 2.33. The van der Waals surface area contributed by atoms with Gasteiger partial charge >= 0.3 is 0 Å². The number of likely N-dealkylation sites (N-methyl/N-ethyl adjacent to an activating group) is 1. The van der Waals surface area contributed by atoms with Crippen molar-refractivity contribution in [2.45, 2.75) is 25.8 Å². The van der Waals surface area contributed by atoms with Crippen LogP contribution < -0.4 is 11.3 Å². The Bertz CT molecular complexity index is 487. The zero-order valence-electron chi connectivity index (χ0n) is 10.8. The van der Waals surface area contributed by atoms with Gasteiger partial charge in [-0.05, 0) is 32.7 Å². The predicted molar refractivity (Wildman–Crippen MR) is 66.5 cm³/mol. The highest BCUT2D eigenvalue weighted by atomic mass is 16.5. The normalized spacial score (nSPS) is 17.1. The summed E-state index contributed by atoms with van der Waals surface area (Å²) in [7, 11) is 1.86. The fourth-order valence-electron chi connectivity index (χ4n) is 2.23. The minimum absolute atomic E-state index is 0.144. The molecule has 1 aromatic rings. The number of nitrogens with two attached hydrogens (primary N) is 1. The minimum Gasteiger partial charge on any atom is -0.373 e. The van der Waals surface area contributed by atoms with E-state index in [1.807, 2.05) is 11.9 Å². The first-order valence-electron chi connectivity index (χ1n) is 6.16. The van der Waals surface area contributed by atoms with Crippen LogP contribution in [-0.4, -0.2) is 41.7 Å². The highest BCUT2D eigenvalue weighted by molar-refractivity contribution is 5.79. The van der Waals surface area contributed by atoms with E-state index in [2.05, 4.69) is 0 Å². The summed E-state index contributed by atoms with van der Waals surface area (Å²) in [5, 5.41) is 0. The Morgan fingerprint density at radius 1 is 1.67 bits per heavy atom. The van der Waals surface area contributed by atoms with Crippen molar-refractivity contribution in [1.82, 2.24) is 9.64 Å². The van der Waals surface area contributed by atoms with Crippen LogP contribution >= 0.6 is 0 Å². The van der Waals surface area contributed by atoms with Gasteiger partial charge in [-0.3, -0.25) is 14.5 Å². The van der Waals surface area contributed by atoms with E-state index in [9.17, 15) is 9.59 Å². The van der Waals surface area contributed by atoms with Crippen LogP contribution in [0.1, 0.15) is 23.4 Å². The summed E-state index contributed by atoms with van der Waals surface area (Å²) in [5.74, 6) is 0.672. The fraction of sp³-hybridized carbons (Fsp3) is 0.667. The SMILES string of the molecule is Cc1cc(=O)n(C(=O)CN(C)C(CN)C2CC2)o1. The van der Waals surface area contributed by atoms with Crippen molar-refractivity contribution in [2.75, 3.05) is 20.1 Å². The van der Waals surface area contributed by atoms with Crippen LogP contribution in [0.25, 0.3) is 0 Å². The molecule has 1 aliphatic carbocycles. The predicted octanol–water partition coefficient (Wildman–Crippen LogP) is 0.0590. The van der Waals surface area contributed by atoms with Crippen molar-refractivity contribution in [3.63, 3.8) is 0 Å². The van der Waals surface area contributed by atoms with Gasteiger partial charge in [0.05, 0.1) is 6.54 Å². The second kappa shape index (κ2) is 5.07. The Morgan fingerprint density at radius 3 is 2.78 bits per heavy atom. The van der Waals surface area contributed by atoms with Gasteiger partial charge < -0.3 is 10.3 Å². The van der Waals surface area contributed by atoms with Gasteiger partial charge in [0.15, 0.2) is 0 Å². The first-order chi connectivity index (χ1) is 8.52. The summed E-state index contributed by atoms with van der Waals surface area (Å²) in [6.45, 7) is 2.31. The van der Waals surface area contributed by atoms with Crippen molar-refractivity contribution < 1.29 is 9.32 Å². The highest BCUT2D eigenvalue weighted by Gasteiger charge is 2.33. The van der Waals surface area contributed by atoms with Crippen LogP contribution in [0, 0.1) is 12.8 Å². The van der Waals surface area contributed by atoms with E-state index in [1.165, 1.54) is 18.9 Å². The smallest absolute Gasteiger partial charge is 0.290 e. The van der Waals surface area contributed by atoms with E-state index in [0.29, 0.717) is 18.2 Å². The summed E-state index contributed by atoms with van der Waals surface area (Å²) in [4.78, 5) is 25.3. The molecule has 1 fully saturated rings. The van der Waals surface area contributed by atoms with Crippen molar-refractivity contribution in [1.29, 1.82) is 0 Å². The number of aryl methyl sites for hydroxylation is 1. The Morgan fingerprint density at radius 2 is 2.33 bits per heavy atom. The molecule has 1 saturated carbocycles. The quantitative estimate of drug-likeness (QED) is 0.802. The number of carbonyl (C=O) groups is 1. The number of hydrogen-bond donors (Lipinski definition) is 1. The monoisotopic (exact) mass is 253 g/mol. The standard InChI is InChI=1S/C12H19N3O3/c1-8-5-11(16)15(18-8)12(17)7-14(2)10(6-13)9-3-4-9/h5,9-10H,3-4,6-7,13H2,1-2H3. The van der Waals surface area contributed by atoms with Gasteiger partial charge in [-0.2, -0.15) is 0 Å². The van der Waals surface area contributed by atoms with Crippen LogP contribution in [0.4, 0.5) is 0 Å². The number of aromatic nitrogens is 1. The molecule has 1 aliphatic rings. The van der Waals surface area contributed by atoms with Gasteiger partial charge in [0.1, 0.15) is 5.76 Å². The Hall–Kier alpha value is -1.40. The summed E-state index contributed by atoms with van der Waals surface area (Å²) >= 11 is 0. The third kappa shape index (κ3) is 2.70. The molecular weight excluding hydrogens is 234 g/mol. The molecule has 18 heavy (non-hydrogen) atoms. The van der Waals surface area contributed by atoms with Gasteiger partial charge in [0, 0.05) is 18.7 Å². The van der Waals surface area contributed by atoms with Crippen LogP contribution in [0.5, 0.6) is 0 Å². The Labute approximate surface area is 105 Å². The van der Waals surface area contributed by atoms with Gasteiger partial charge in [-0.15, -0.1) is 4.74 Å². The molecule has 2 rings (SSSR count). The van der Waals surface area contributed by atoms with E-state index in [4.69, 9.17) is 10.3 Å². The van der Waals surface area contributed by atoms with Gasteiger partial charge in [-0.25, -0.2) is 0 Å². The lowest BCUT2D eigenvalue weighted by Crippen LogP contribution is -2.44. The van der Waals surface area contributed by atoms with Crippen molar-refractivity contribution in [3.05, 3.63) is 22.2 Å². The molecule has 1 aromatic heterocycles. The maximum absolute atomic E-state index is 11.9. The lowest BCUT2D eigenvalue weighted by Gasteiger charge is -2.25. The third-order valence-corrected chi connectivity index (χ3v) is 3.35. The molecule has 0 amide bonds. The van der Waals surface area contributed by atoms with Gasteiger partial charge in [-0.1, -0.05) is 0 Å². The first kappa shape index (κ1) is 13.0. The molecule has 6 nitrogen and oxygen atoms in total. The molecule has 0 saturated heterocycles. The molecule has 0 aromatic carbocycles. The highest BCUT2D eigenvalue weighted by Crippen LogP contribution is 2.34. The zero-order valence-corrected chi connectivity index (χ0v) is 10.8. The molecule has 0 aliphatic heterocycles. The van der Waals surface area contributed by atoms with Crippen LogP contribution in [0.2, 0.25) is 0 Å². The summed E-state index contributed by atoms with van der Waals surface area (Å²) < 4.78 is 5.87. The number of hydrogen-bond acceptors (Lipinski definition) is 5. The second-order valence-corrected chi connectivity index (χ2v) is 4.93. The van der Waals surface area contributed by atoms with E-state index >= 15 is 0 Å². The average molecular weight is 253 g/mol. The number of rotatable bonds is 5. The topological polar surface area (TPSA) is 81.5 Å². The molecule has 0 bridgehead atoms. The molecule has 100 valence electrons. The first-order valence-corrected chi connectivity index (χ1v) is 6.16. The molecule has 0 radical (unpaired) electrons. The van der Waals surface area contributed by atoms with E-state index in [1.54, 1.807) is 6.92 Å². The third-order valence-electron chi connectivity index (χ3n) is 3.35. The van der Waals surface area contributed by atoms with E-state index < -0.39 is 5.56 Å². The minimum atomic E-state index is -0.415. The number of carbonyl (C=O) groups excluding carboxylic acids is 1. The van der Waals surface area contributed by atoms with Gasteiger partial charge in [0.2, 0.25) is 0 Å². The van der Waals surface area contributed by atoms with Crippen LogP contribution in [-0.2, 0) is 0 Å². The van der Waals surface area contributed by atoms with Crippen molar-refractivity contribution in [3.8, 4) is 0 Å². The van der Waals surface area contributed by atoms with Gasteiger partial charge in [0.25, 0.3) is 11.5 Å². The molecule has 6 heteroatoms. The summed E-state index contributed by atoms with van der Waals surface area (Å²) in [6, 6.07) is 1.51. The Balaban J connectivity index is 2.02. The Kier molecular flexibility index (Phi) is 3.68. The largest absolute Gasteiger partial charge is 0.373 e. The summed E-state index contributed by atoms with van der Waals surface area (Å²) in [5.41, 5.74) is 5.30. The van der Waals surface area contributed by atoms with E-state index in [-0.39, 0.29) is 18.5 Å². The molecule has 1 heterocycles. The number of nitrogens with zero attached hydrogens (tertiary/aromatic N) is 2. The average Bonchev–Trinajstić information content (AvgIpc) is 3.05. The lowest BCUT2D eigenvalue weighted by atomic mass is 10.1. The molecule has 2 N–H and O–H groups in total. The maximum atomic E-state index is 11.9. The van der Waals surface area contributed by atoms with Crippen molar-refractivity contribution in [2.24, 2.45) is 11.7 Å². The van der Waals surface area contributed by atoms with Crippen LogP contribution in [0.15, 0.2) is 15.4 Å². The molecule has 1 atom stereocenters.